The van der Waals surface area contributed by atoms with Gasteiger partial charge in [-0.1, -0.05) is 30.3 Å². The maximum atomic E-state index is 15.5. The summed E-state index contributed by atoms with van der Waals surface area (Å²) in [6.07, 6.45) is 0.686. The molecule has 0 saturated heterocycles. The Morgan fingerprint density at radius 3 is 2.56 bits per heavy atom. The largest absolute Gasteiger partial charge is 0.493 e. The molecule has 0 saturated carbocycles. The van der Waals surface area contributed by atoms with Gasteiger partial charge in [0.2, 0.25) is 0 Å². The van der Waals surface area contributed by atoms with Crippen LogP contribution in [-0.4, -0.2) is 44.9 Å². The lowest BCUT2D eigenvalue weighted by Crippen LogP contribution is -2.23. The monoisotopic (exact) mass is 498 g/mol. The molecule has 0 aliphatic carbocycles. The number of rotatable bonds is 10. The first-order valence-corrected chi connectivity index (χ1v) is 11.6. The van der Waals surface area contributed by atoms with Crippen molar-refractivity contribution in [1.29, 1.82) is 0 Å². The maximum Gasteiger partial charge on any atom is 0.279 e. The second kappa shape index (κ2) is 10.9. The van der Waals surface area contributed by atoms with Crippen molar-refractivity contribution in [3.05, 3.63) is 81.9 Å². The van der Waals surface area contributed by atoms with Crippen molar-refractivity contribution >= 4 is 11.2 Å². The number of benzene rings is 2. The quantitative estimate of drug-likeness (QED) is 0.338. The molecule has 0 aliphatic rings. The summed E-state index contributed by atoms with van der Waals surface area (Å²) in [6.45, 7) is 1.64. The molecule has 0 fully saturated rings. The zero-order chi connectivity index (χ0) is 25.8. The number of fused-ring (bicyclic) bond motifs is 1. The third kappa shape index (κ3) is 4.94. The van der Waals surface area contributed by atoms with E-state index in [4.69, 9.17) is 9.47 Å². The number of nitrogens with zero attached hydrogens (tertiary/aromatic N) is 3. The molecule has 4 aromatic rings. The fraction of sp³-hybridized carbons (Fsp3) is 0.346. The highest BCUT2D eigenvalue weighted by Crippen LogP contribution is 2.37. The fourth-order valence-corrected chi connectivity index (χ4v) is 4.33. The number of halogens is 2. The van der Waals surface area contributed by atoms with E-state index >= 15 is 4.39 Å². The standard InChI is InChI=1S/C26H28F2N4O4/c1-15(33)18(11-7-10-16-8-5-4-6-9-16)32-14-29-22-25(32)30-24(31-26(22)34)21(28)17-12-13-19(35-2)23(36-3)20(17)27/h4-6,8-9,12-15,18,21,33H,7,10-11H2,1-3H3,(H,30,31,34). The Kier molecular flexibility index (Phi) is 7.64. The molecule has 190 valence electrons. The summed E-state index contributed by atoms with van der Waals surface area (Å²) < 4.78 is 42.2. The molecule has 0 bridgehead atoms. The number of H-pyrrole nitrogens is 1. The number of methoxy groups -OCH3 is 2. The average molecular weight is 499 g/mol. The Balaban J connectivity index is 1.68. The van der Waals surface area contributed by atoms with Crippen LogP contribution in [0.15, 0.2) is 53.6 Å². The normalized spacial score (nSPS) is 13.9. The highest BCUT2D eigenvalue weighted by atomic mass is 19.1. The molecule has 2 heterocycles. The van der Waals surface area contributed by atoms with E-state index in [1.54, 1.807) is 11.5 Å². The molecule has 3 atom stereocenters. The first kappa shape index (κ1) is 25.3. The number of aromatic nitrogens is 4. The minimum absolute atomic E-state index is 0.00689. The van der Waals surface area contributed by atoms with E-state index in [-0.39, 0.29) is 34.1 Å². The third-order valence-corrected chi connectivity index (χ3v) is 6.20. The van der Waals surface area contributed by atoms with Crippen molar-refractivity contribution in [1.82, 2.24) is 19.5 Å². The molecule has 0 amide bonds. The zero-order valence-corrected chi connectivity index (χ0v) is 20.2. The molecule has 2 aromatic carbocycles. The van der Waals surface area contributed by atoms with E-state index < -0.39 is 29.7 Å². The molecule has 0 aliphatic heterocycles. The van der Waals surface area contributed by atoms with Crippen molar-refractivity contribution in [3.8, 4) is 11.5 Å². The second-order valence-electron chi connectivity index (χ2n) is 8.53. The van der Waals surface area contributed by atoms with Gasteiger partial charge in [0.15, 0.2) is 40.5 Å². The summed E-state index contributed by atoms with van der Waals surface area (Å²) in [6, 6.07) is 12.1. The summed E-state index contributed by atoms with van der Waals surface area (Å²) in [4.78, 5) is 23.5. The van der Waals surface area contributed by atoms with Crippen molar-refractivity contribution in [2.45, 2.75) is 44.5 Å². The number of hydrogen-bond acceptors (Lipinski definition) is 6. The number of nitrogens with one attached hydrogen (secondary N) is 1. The van der Waals surface area contributed by atoms with Crippen molar-refractivity contribution in [2.24, 2.45) is 0 Å². The first-order valence-electron chi connectivity index (χ1n) is 11.6. The van der Waals surface area contributed by atoms with Gasteiger partial charge in [-0.05, 0) is 43.9 Å². The van der Waals surface area contributed by atoms with E-state index in [1.165, 1.54) is 38.2 Å². The Morgan fingerprint density at radius 2 is 1.89 bits per heavy atom. The van der Waals surface area contributed by atoms with Crippen LogP contribution in [0.5, 0.6) is 11.5 Å². The number of aryl methyl sites for hydroxylation is 1. The van der Waals surface area contributed by atoms with Gasteiger partial charge in [-0.3, -0.25) is 4.79 Å². The van der Waals surface area contributed by atoms with Crippen molar-refractivity contribution < 1.29 is 23.4 Å². The Hall–Kier alpha value is -3.79. The molecule has 8 nitrogen and oxygen atoms in total. The summed E-state index contributed by atoms with van der Waals surface area (Å²) in [5.74, 6) is -1.48. The number of aromatic amines is 1. The molecule has 2 N–H and O–H groups in total. The van der Waals surface area contributed by atoms with E-state index in [0.717, 1.165) is 12.8 Å². The van der Waals surface area contributed by atoms with Crippen LogP contribution < -0.4 is 15.0 Å². The molecular weight excluding hydrogens is 470 g/mol. The lowest BCUT2D eigenvalue weighted by molar-refractivity contribution is 0.125. The van der Waals surface area contributed by atoms with Crippen molar-refractivity contribution in [3.63, 3.8) is 0 Å². The van der Waals surface area contributed by atoms with Crippen LogP contribution in [0.1, 0.15) is 48.9 Å². The predicted molar refractivity (Wildman–Crippen MR) is 131 cm³/mol. The van der Waals surface area contributed by atoms with Crippen LogP contribution in [0.25, 0.3) is 11.2 Å². The van der Waals surface area contributed by atoms with Gasteiger partial charge in [0, 0.05) is 5.56 Å². The molecule has 4 rings (SSSR count). The number of aliphatic hydroxyl groups excluding tert-OH is 1. The SMILES string of the molecule is COc1ccc(C(F)c2nc3c(ncn3C(CCCc3ccccc3)C(C)O)c(=O)[nH]2)c(F)c1OC. The summed E-state index contributed by atoms with van der Waals surface area (Å²) >= 11 is 0. The molecular formula is C26H28F2N4O4. The van der Waals surface area contributed by atoms with E-state index in [2.05, 4.69) is 15.0 Å². The van der Waals surface area contributed by atoms with Gasteiger partial charge in [-0.2, -0.15) is 0 Å². The smallest absolute Gasteiger partial charge is 0.279 e. The minimum Gasteiger partial charge on any atom is -0.493 e. The van der Waals surface area contributed by atoms with Crippen LogP contribution in [0.3, 0.4) is 0 Å². The van der Waals surface area contributed by atoms with Gasteiger partial charge < -0.3 is 24.1 Å². The van der Waals surface area contributed by atoms with Crippen LogP contribution in [0.4, 0.5) is 8.78 Å². The second-order valence-corrected chi connectivity index (χ2v) is 8.53. The molecule has 0 radical (unpaired) electrons. The summed E-state index contributed by atoms with van der Waals surface area (Å²) in [7, 11) is 2.59. The maximum absolute atomic E-state index is 15.5. The molecule has 0 spiro atoms. The summed E-state index contributed by atoms with van der Waals surface area (Å²) in [5, 5.41) is 10.5. The van der Waals surface area contributed by atoms with Gasteiger partial charge in [0.1, 0.15) is 0 Å². The van der Waals surface area contributed by atoms with Gasteiger partial charge in [-0.15, -0.1) is 0 Å². The van der Waals surface area contributed by atoms with E-state index in [9.17, 15) is 14.3 Å². The molecule has 36 heavy (non-hydrogen) atoms. The number of imidazole rings is 1. The highest BCUT2D eigenvalue weighted by molar-refractivity contribution is 5.69. The Morgan fingerprint density at radius 1 is 1.14 bits per heavy atom. The fourth-order valence-electron chi connectivity index (χ4n) is 4.33. The molecule has 3 unspecified atom stereocenters. The van der Waals surface area contributed by atoms with Gasteiger partial charge >= 0.3 is 0 Å². The topological polar surface area (TPSA) is 102 Å². The van der Waals surface area contributed by atoms with Gasteiger partial charge in [0.25, 0.3) is 5.56 Å². The Labute approximate surface area is 206 Å². The number of hydrogen-bond donors (Lipinski definition) is 2. The van der Waals surface area contributed by atoms with Gasteiger partial charge in [-0.25, -0.2) is 18.7 Å². The van der Waals surface area contributed by atoms with Gasteiger partial charge in [0.05, 0.1) is 32.7 Å². The Bertz CT molecular complexity index is 1390. The zero-order valence-electron chi connectivity index (χ0n) is 20.2. The number of alkyl halides is 1. The highest BCUT2D eigenvalue weighted by Gasteiger charge is 2.27. The number of aliphatic hydroxyl groups is 1. The number of ether oxygens (including phenoxy) is 2. The molecule has 10 heteroatoms. The lowest BCUT2D eigenvalue weighted by Gasteiger charge is -2.22. The van der Waals surface area contributed by atoms with E-state index in [1.807, 2.05) is 30.3 Å². The van der Waals surface area contributed by atoms with Crippen LogP contribution in [0, 0.1) is 5.82 Å². The van der Waals surface area contributed by atoms with Crippen LogP contribution in [-0.2, 0) is 6.42 Å². The van der Waals surface area contributed by atoms with Crippen molar-refractivity contribution in [2.75, 3.05) is 14.2 Å². The molecule has 2 aromatic heterocycles. The average Bonchev–Trinajstić information content (AvgIpc) is 3.30. The lowest BCUT2D eigenvalue weighted by atomic mass is 10.0. The first-order chi connectivity index (χ1) is 17.3. The van der Waals surface area contributed by atoms with Crippen LogP contribution in [0.2, 0.25) is 0 Å². The minimum atomic E-state index is -2.09. The van der Waals surface area contributed by atoms with E-state index in [0.29, 0.717) is 6.42 Å². The third-order valence-electron chi connectivity index (χ3n) is 6.20. The predicted octanol–water partition coefficient (Wildman–Crippen LogP) is 4.28. The summed E-state index contributed by atoms with van der Waals surface area (Å²) in [5.41, 5.74) is 0.267. The van der Waals surface area contributed by atoms with Crippen LogP contribution >= 0.6 is 0 Å².